The molecular formula is C23H25N3O3S. The number of amides is 1. The maximum absolute atomic E-state index is 12.1. The van der Waals surface area contributed by atoms with E-state index in [0.29, 0.717) is 24.5 Å². The Balaban J connectivity index is 1.50. The number of nitrogens with zero attached hydrogens (tertiary/aromatic N) is 2. The molecule has 2 heterocycles. The molecule has 1 amide bonds. The van der Waals surface area contributed by atoms with Gasteiger partial charge < -0.3 is 14.8 Å². The highest BCUT2D eigenvalue weighted by Gasteiger charge is 2.08. The first kappa shape index (κ1) is 21.5. The van der Waals surface area contributed by atoms with Crippen LogP contribution >= 0.6 is 11.3 Å². The van der Waals surface area contributed by atoms with E-state index in [9.17, 15) is 4.79 Å². The zero-order valence-electron chi connectivity index (χ0n) is 17.3. The zero-order chi connectivity index (χ0) is 21.3. The molecule has 0 aliphatic carbocycles. The van der Waals surface area contributed by atoms with E-state index < -0.39 is 0 Å². The molecule has 0 aliphatic rings. The Kier molecular flexibility index (Phi) is 7.57. The van der Waals surface area contributed by atoms with Gasteiger partial charge in [0.1, 0.15) is 0 Å². The number of hydrogen-bond donors (Lipinski definition) is 1. The Morgan fingerprint density at radius 3 is 2.80 bits per heavy atom. The molecule has 0 unspecified atom stereocenters. The summed E-state index contributed by atoms with van der Waals surface area (Å²) >= 11 is 1.57. The molecule has 2 aromatic heterocycles. The van der Waals surface area contributed by atoms with Crippen molar-refractivity contribution in [3.63, 3.8) is 0 Å². The maximum atomic E-state index is 12.1. The number of nitrogens with one attached hydrogen (secondary N) is 1. The number of pyridine rings is 1. The Morgan fingerprint density at radius 1 is 1.20 bits per heavy atom. The summed E-state index contributed by atoms with van der Waals surface area (Å²) in [6, 6.07) is 11.3. The molecule has 0 bridgehead atoms. The highest BCUT2D eigenvalue weighted by Crippen LogP contribution is 2.29. The van der Waals surface area contributed by atoms with Gasteiger partial charge in [-0.2, -0.15) is 0 Å². The van der Waals surface area contributed by atoms with Crippen LogP contribution in [0.4, 0.5) is 0 Å². The molecule has 1 aromatic carbocycles. The topological polar surface area (TPSA) is 73.3 Å². The lowest BCUT2D eigenvalue weighted by Gasteiger charge is -2.13. The number of rotatable bonds is 9. The normalized spacial score (nSPS) is 11.1. The third-order valence-corrected chi connectivity index (χ3v) is 5.00. The summed E-state index contributed by atoms with van der Waals surface area (Å²) in [4.78, 5) is 21.0. The van der Waals surface area contributed by atoms with Crippen molar-refractivity contribution in [1.29, 1.82) is 0 Å². The van der Waals surface area contributed by atoms with Gasteiger partial charge in [0.25, 0.3) is 0 Å². The molecule has 6 nitrogen and oxygen atoms in total. The number of aromatic nitrogens is 2. The fourth-order valence-electron chi connectivity index (χ4n) is 2.72. The molecular weight excluding hydrogens is 398 g/mol. The highest BCUT2D eigenvalue weighted by molar-refractivity contribution is 7.09. The highest BCUT2D eigenvalue weighted by atomic mass is 32.1. The van der Waals surface area contributed by atoms with Crippen LogP contribution in [0.5, 0.6) is 11.5 Å². The van der Waals surface area contributed by atoms with E-state index in [0.717, 1.165) is 22.0 Å². The van der Waals surface area contributed by atoms with Crippen molar-refractivity contribution in [2.24, 2.45) is 0 Å². The van der Waals surface area contributed by atoms with Crippen molar-refractivity contribution in [3.05, 3.63) is 64.6 Å². The minimum atomic E-state index is -0.155. The van der Waals surface area contributed by atoms with Gasteiger partial charge in [0, 0.05) is 30.6 Å². The second-order valence-corrected chi connectivity index (χ2v) is 7.74. The number of methoxy groups -OCH3 is 1. The number of benzene rings is 1. The van der Waals surface area contributed by atoms with E-state index in [1.54, 1.807) is 30.7 Å². The molecule has 0 radical (unpaired) electrons. The van der Waals surface area contributed by atoms with Gasteiger partial charge in [-0.25, -0.2) is 4.98 Å². The molecule has 0 aliphatic heterocycles. The molecule has 0 saturated heterocycles. The van der Waals surface area contributed by atoms with Gasteiger partial charge in [-0.05, 0) is 49.8 Å². The fraction of sp³-hybridized carbons (Fsp3) is 0.261. The number of carbonyl (C=O) groups excluding carboxylic acids is 1. The lowest BCUT2D eigenvalue weighted by Crippen LogP contribution is -2.23. The third kappa shape index (κ3) is 6.15. The largest absolute Gasteiger partial charge is 0.493 e. The molecule has 0 saturated carbocycles. The lowest BCUT2D eigenvalue weighted by molar-refractivity contribution is -0.116. The average Bonchev–Trinajstić information content (AvgIpc) is 3.22. The van der Waals surface area contributed by atoms with Crippen LogP contribution in [0.1, 0.15) is 24.4 Å². The summed E-state index contributed by atoms with van der Waals surface area (Å²) in [5.41, 5.74) is 2.57. The van der Waals surface area contributed by atoms with Crippen LogP contribution in [-0.2, 0) is 11.2 Å². The van der Waals surface area contributed by atoms with Crippen LogP contribution in [0, 0.1) is 0 Å². The van der Waals surface area contributed by atoms with Gasteiger partial charge >= 0.3 is 0 Å². The van der Waals surface area contributed by atoms with E-state index in [2.05, 4.69) is 15.3 Å². The minimum absolute atomic E-state index is 0.0592. The monoisotopic (exact) mass is 423 g/mol. The van der Waals surface area contributed by atoms with Crippen molar-refractivity contribution in [2.45, 2.75) is 26.4 Å². The van der Waals surface area contributed by atoms with Crippen LogP contribution in [0.2, 0.25) is 0 Å². The zero-order valence-corrected chi connectivity index (χ0v) is 18.1. The fourth-order valence-corrected chi connectivity index (χ4v) is 3.51. The number of carbonyl (C=O) groups is 1. The van der Waals surface area contributed by atoms with Gasteiger partial charge in [-0.15, -0.1) is 11.3 Å². The van der Waals surface area contributed by atoms with E-state index >= 15 is 0 Å². The van der Waals surface area contributed by atoms with E-state index in [4.69, 9.17) is 9.47 Å². The number of thiazole rings is 1. The Bertz CT molecular complexity index is 1000. The van der Waals surface area contributed by atoms with Crippen LogP contribution in [0.3, 0.4) is 0 Å². The van der Waals surface area contributed by atoms with Crippen molar-refractivity contribution < 1.29 is 14.3 Å². The smallest absolute Gasteiger partial charge is 0.244 e. The number of ether oxygens (including phenoxy) is 2. The molecule has 30 heavy (non-hydrogen) atoms. The molecule has 0 atom stereocenters. The summed E-state index contributed by atoms with van der Waals surface area (Å²) in [7, 11) is 1.60. The number of hydrogen-bond acceptors (Lipinski definition) is 6. The summed E-state index contributed by atoms with van der Waals surface area (Å²) in [5.74, 6) is 1.17. The van der Waals surface area contributed by atoms with Crippen molar-refractivity contribution in [2.75, 3.05) is 13.7 Å². The molecule has 7 heteroatoms. The first-order valence-electron chi connectivity index (χ1n) is 9.71. The van der Waals surface area contributed by atoms with E-state index in [1.165, 1.54) is 6.08 Å². The van der Waals surface area contributed by atoms with Crippen LogP contribution in [0.25, 0.3) is 17.5 Å². The van der Waals surface area contributed by atoms with Gasteiger partial charge in [-0.3, -0.25) is 9.78 Å². The third-order valence-electron chi connectivity index (χ3n) is 4.09. The second-order valence-electron chi connectivity index (χ2n) is 6.79. The molecule has 0 spiro atoms. The predicted molar refractivity (Wildman–Crippen MR) is 120 cm³/mol. The Labute approximate surface area is 180 Å². The van der Waals surface area contributed by atoms with Gasteiger partial charge in [0.05, 0.1) is 29.6 Å². The van der Waals surface area contributed by atoms with Gasteiger partial charge in [-0.1, -0.05) is 12.1 Å². The van der Waals surface area contributed by atoms with Crippen LogP contribution in [0.15, 0.2) is 54.1 Å². The minimum Gasteiger partial charge on any atom is -0.493 e. The first-order chi connectivity index (χ1) is 14.5. The van der Waals surface area contributed by atoms with Crippen molar-refractivity contribution >= 4 is 23.3 Å². The molecule has 1 N–H and O–H groups in total. The summed E-state index contributed by atoms with van der Waals surface area (Å²) in [5, 5.41) is 5.83. The standard InChI is InChI=1S/C23H25N3O3S/c1-16(2)29-20-9-7-17(14-21(20)28-3)8-10-22(27)25-13-11-23-26-19(15-30-23)18-6-4-5-12-24-18/h4-10,12,14-16H,11,13H2,1-3H3,(H,25,27)/b10-8+. The SMILES string of the molecule is COc1cc(/C=C/C(=O)NCCc2nc(-c3ccccn3)cs2)ccc1OC(C)C. The van der Waals surface area contributed by atoms with Crippen LogP contribution in [-0.4, -0.2) is 35.6 Å². The molecule has 156 valence electrons. The Morgan fingerprint density at radius 2 is 2.07 bits per heavy atom. The summed E-state index contributed by atoms with van der Waals surface area (Å²) < 4.78 is 11.1. The van der Waals surface area contributed by atoms with Crippen molar-refractivity contribution in [1.82, 2.24) is 15.3 Å². The van der Waals surface area contributed by atoms with E-state index in [-0.39, 0.29) is 12.0 Å². The van der Waals surface area contributed by atoms with Crippen LogP contribution < -0.4 is 14.8 Å². The molecule has 3 rings (SSSR count). The first-order valence-corrected chi connectivity index (χ1v) is 10.6. The summed E-state index contributed by atoms with van der Waals surface area (Å²) in [6.07, 6.45) is 5.75. The quantitative estimate of drug-likeness (QED) is 0.517. The van der Waals surface area contributed by atoms with E-state index in [1.807, 2.05) is 55.6 Å². The Hall–Kier alpha value is -3.19. The van der Waals surface area contributed by atoms with Gasteiger partial charge in [0.2, 0.25) is 5.91 Å². The summed E-state index contributed by atoms with van der Waals surface area (Å²) in [6.45, 7) is 4.44. The van der Waals surface area contributed by atoms with Gasteiger partial charge in [0.15, 0.2) is 11.5 Å². The average molecular weight is 424 g/mol. The molecule has 3 aromatic rings. The lowest BCUT2D eigenvalue weighted by atomic mass is 10.2. The molecule has 0 fully saturated rings. The second kappa shape index (κ2) is 10.5. The maximum Gasteiger partial charge on any atom is 0.244 e. The van der Waals surface area contributed by atoms with Crippen molar-refractivity contribution in [3.8, 4) is 22.9 Å². The predicted octanol–water partition coefficient (Wildman–Crippen LogP) is 4.37.